The number of aromatic nitrogens is 2. The van der Waals surface area contributed by atoms with E-state index in [1.165, 1.54) is 22.8 Å². The highest BCUT2D eigenvalue weighted by Gasteiger charge is 2.06. The van der Waals surface area contributed by atoms with E-state index in [-0.39, 0.29) is 11.4 Å². The number of carbonyl (C=O) groups excluding carboxylic acids is 1. The molecule has 0 aliphatic rings. The molecular formula is C17H19N3O2. The van der Waals surface area contributed by atoms with Crippen molar-refractivity contribution in [3.8, 4) is 0 Å². The summed E-state index contributed by atoms with van der Waals surface area (Å²) in [6, 6.07) is 6.32. The molecule has 0 spiro atoms. The molecule has 2 N–H and O–H groups in total. The third-order valence-electron chi connectivity index (χ3n) is 3.61. The molecule has 0 saturated heterocycles. The maximum Gasteiger partial charge on any atom is 0.290 e. The van der Waals surface area contributed by atoms with Gasteiger partial charge in [-0.3, -0.25) is 4.79 Å². The summed E-state index contributed by atoms with van der Waals surface area (Å²) in [7, 11) is 0. The molecule has 0 bridgehead atoms. The number of anilines is 1. The summed E-state index contributed by atoms with van der Waals surface area (Å²) in [5, 5.41) is 3.02. The fourth-order valence-corrected chi connectivity index (χ4v) is 2.15. The number of aryl methyl sites for hydroxylation is 3. The van der Waals surface area contributed by atoms with E-state index in [0.29, 0.717) is 17.9 Å². The third-order valence-corrected chi connectivity index (χ3v) is 3.61. The Morgan fingerprint density at radius 2 is 2.05 bits per heavy atom. The molecule has 0 aliphatic heterocycles. The van der Waals surface area contributed by atoms with Gasteiger partial charge in [0.15, 0.2) is 5.82 Å². The zero-order valence-corrected chi connectivity index (χ0v) is 13.0. The first kappa shape index (κ1) is 15.7. The molecule has 0 saturated carbocycles. The molecule has 2 aromatic rings. The SMILES string of the molecule is Cc1ccc(CCNc2nc(C=C=O)c(C)[nH]c2=O)cc1C. The molecule has 5 nitrogen and oxygen atoms in total. The zero-order chi connectivity index (χ0) is 16.1. The first-order valence-electron chi connectivity index (χ1n) is 7.13. The van der Waals surface area contributed by atoms with Crippen LogP contribution in [0, 0.1) is 20.8 Å². The van der Waals surface area contributed by atoms with Crippen LogP contribution in [0.25, 0.3) is 6.08 Å². The number of nitrogens with one attached hydrogen (secondary N) is 2. The largest absolute Gasteiger partial charge is 0.365 e. The number of nitrogens with zero attached hydrogens (tertiary/aromatic N) is 1. The molecule has 0 radical (unpaired) electrons. The standard InChI is InChI=1S/C17H19N3O2/c1-11-4-5-14(10-12(11)2)6-8-18-16-17(22)19-13(3)15(20-16)7-9-21/h4-5,7,10H,6,8H2,1-3H3,(H,18,20)(H,19,22). The van der Waals surface area contributed by atoms with Gasteiger partial charge in [-0.15, -0.1) is 0 Å². The summed E-state index contributed by atoms with van der Waals surface area (Å²) in [6.45, 7) is 6.44. The van der Waals surface area contributed by atoms with Crippen molar-refractivity contribution >= 4 is 17.8 Å². The number of hydrogen-bond donors (Lipinski definition) is 2. The Morgan fingerprint density at radius 3 is 2.73 bits per heavy atom. The van der Waals surface area contributed by atoms with Crippen LogP contribution in [0.4, 0.5) is 5.82 Å². The fraction of sp³-hybridized carbons (Fsp3) is 0.294. The van der Waals surface area contributed by atoms with Crippen molar-refractivity contribution in [3.05, 3.63) is 56.6 Å². The maximum absolute atomic E-state index is 11.8. The van der Waals surface area contributed by atoms with Gasteiger partial charge in [-0.25, -0.2) is 9.78 Å². The highest BCUT2D eigenvalue weighted by atomic mass is 16.1. The molecule has 0 aliphatic carbocycles. The number of hydrogen-bond acceptors (Lipinski definition) is 4. The average Bonchev–Trinajstić information content (AvgIpc) is 2.47. The van der Waals surface area contributed by atoms with Gasteiger partial charge >= 0.3 is 0 Å². The van der Waals surface area contributed by atoms with Gasteiger partial charge in [0.1, 0.15) is 5.94 Å². The van der Waals surface area contributed by atoms with Crippen LogP contribution in [-0.2, 0) is 11.2 Å². The molecule has 0 unspecified atom stereocenters. The first-order chi connectivity index (χ1) is 10.5. The van der Waals surface area contributed by atoms with E-state index in [2.05, 4.69) is 47.3 Å². The molecular weight excluding hydrogens is 278 g/mol. The van der Waals surface area contributed by atoms with E-state index in [1.54, 1.807) is 12.9 Å². The first-order valence-corrected chi connectivity index (χ1v) is 7.13. The quantitative estimate of drug-likeness (QED) is 0.830. The molecule has 0 amide bonds. The molecule has 1 aromatic carbocycles. The normalized spacial score (nSPS) is 10.1. The highest BCUT2D eigenvalue weighted by Crippen LogP contribution is 2.10. The summed E-state index contributed by atoms with van der Waals surface area (Å²) in [4.78, 5) is 29.1. The van der Waals surface area contributed by atoms with Gasteiger partial charge < -0.3 is 10.3 Å². The average molecular weight is 297 g/mol. The van der Waals surface area contributed by atoms with Gasteiger partial charge in [0.25, 0.3) is 5.56 Å². The van der Waals surface area contributed by atoms with Crippen LogP contribution in [0.15, 0.2) is 23.0 Å². The molecule has 5 heteroatoms. The summed E-state index contributed by atoms with van der Waals surface area (Å²) >= 11 is 0. The summed E-state index contributed by atoms with van der Waals surface area (Å²) in [5.74, 6) is 1.90. The number of rotatable bonds is 5. The van der Waals surface area contributed by atoms with Crippen LogP contribution in [-0.4, -0.2) is 22.5 Å². The number of benzene rings is 1. The fourth-order valence-electron chi connectivity index (χ4n) is 2.15. The van der Waals surface area contributed by atoms with E-state index in [9.17, 15) is 9.59 Å². The van der Waals surface area contributed by atoms with Gasteiger partial charge in [-0.2, -0.15) is 0 Å². The van der Waals surface area contributed by atoms with Gasteiger partial charge in [0.05, 0.1) is 5.69 Å². The van der Waals surface area contributed by atoms with Gasteiger partial charge in [0, 0.05) is 18.3 Å². The molecule has 0 atom stereocenters. The number of aromatic amines is 1. The molecule has 0 fully saturated rings. The van der Waals surface area contributed by atoms with Crippen molar-refractivity contribution in [2.45, 2.75) is 27.2 Å². The van der Waals surface area contributed by atoms with Crippen molar-refractivity contribution < 1.29 is 4.79 Å². The van der Waals surface area contributed by atoms with Crippen LogP contribution < -0.4 is 10.9 Å². The van der Waals surface area contributed by atoms with E-state index in [4.69, 9.17) is 0 Å². The molecule has 1 aromatic heterocycles. The summed E-state index contributed by atoms with van der Waals surface area (Å²) in [5.41, 5.74) is 4.39. The Bertz CT molecular complexity index is 787. The second kappa shape index (κ2) is 6.87. The third kappa shape index (κ3) is 3.71. The lowest BCUT2D eigenvalue weighted by Gasteiger charge is -2.08. The monoisotopic (exact) mass is 297 g/mol. The van der Waals surface area contributed by atoms with Gasteiger partial charge in [0.2, 0.25) is 0 Å². The predicted molar refractivity (Wildman–Crippen MR) is 87.9 cm³/mol. The van der Waals surface area contributed by atoms with Crippen LogP contribution in [0.2, 0.25) is 0 Å². The molecule has 114 valence electrons. The molecule has 22 heavy (non-hydrogen) atoms. The van der Waals surface area contributed by atoms with Crippen molar-refractivity contribution in [2.75, 3.05) is 11.9 Å². The van der Waals surface area contributed by atoms with Gasteiger partial charge in [-0.05, 0) is 43.9 Å². The second-order valence-electron chi connectivity index (χ2n) is 5.28. The minimum atomic E-state index is -0.291. The van der Waals surface area contributed by atoms with E-state index < -0.39 is 0 Å². The number of H-pyrrole nitrogens is 1. The Morgan fingerprint density at radius 1 is 1.27 bits per heavy atom. The predicted octanol–water partition coefficient (Wildman–Crippen LogP) is 2.19. The van der Waals surface area contributed by atoms with Crippen molar-refractivity contribution in [2.24, 2.45) is 0 Å². The highest BCUT2D eigenvalue weighted by molar-refractivity contribution is 5.74. The Labute approximate surface area is 129 Å². The lowest BCUT2D eigenvalue weighted by Crippen LogP contribution is -2.20. The second-order valence-corrected chi connectivity index (χ2v) is 5.28. The van der Waals surface area contributed by atoms with Crippen LogP contribution in [0.3, 0.4) is 0 Å². The van der Waals surface area contributed by atoms with Crippen LogP contribution >= 0.6 is 0 Å². The zero-order valence-electron chi connectivity index (χ0n) is 13.0. The minimum Gasteiger partial charge on any atom is -0.365 e. The van der Waals surface area contributed by atoms with E-state index in [1.807, 2.05) is 0 Å². The summed E-state index contributed by atoms with van der Waals surface area (Å²) < 4.78 is 0. The van der Waals surface area contributed by atoms with Crippen LogP contribution in [0.5, 0.6) is 0 Å². The van der Waals surface area contributed by atoms with Crippen molar-refractivity contribution in [1.82, 2.24) is 9.97 Å². The molecule has 1 heterocycles. The Hall–Kier alpha value is -2.65. The smallest absolute Gasteiger partial charge is 0.290 e. The Balaban J connectivity index is 2.08. The lowest BCUT2D eigenvalue weighted by atomic mass is 10.0. The molecule has 2 rings (SSSR count). The van der Waals surface area contributed by atoms with E-state index >= 15 is 0 Å². The van der Waals surface area contributed by atoms with Crippen molar-refractivity contribution in [1.29, 1.82) is 0 Å². The van der Waals surface area contributed by atoms with Crippen LogP contribution in [0.1, 0.15) is 28.1 Å². The Kier molecular flexibility index (Phi) is 4.92. The lowest BCUT2D eigenvalue weighted by molar-refractivity contribution is 0.570. The topological polar surface area (TPSA) is 74.8 Å². The minimum absolute atomic E-state index is 0.218. The van der Waals surface area contributed by atoms with Crippen molar-refractivity contribution in [3.63, 3.8) is 0 Å². The summed E-state index contributed by atoms with van der Waals surface area (Å²) in [6.07, 6.45) is 1.99. The van der Waals surface area contributed by atoms with E-state index in [0.717, 1.165) is 6.42 Å². The van der Waals surface area contributed by atoms with Gasteiger partial charge in [-0.1, -0.05) is 18.2 Å². The maximum atomic E-state index is 11.8.